The van der Waals surface area contributed by atoms with Crippen molar-refractivity contribution in [1.82, 2.24) is 9.97 Å². The summed E-state index contributed by atoms with van der Waals surface area (Å²) in [5, 5.41) is 0.520. The molecule has 4 aromatic rings. The number of ketones is 1. The first kappa shape index (κ1) is 20.1. The molecule has 2 aromatic carbocycles. The average Bonchev–Trinajstić information content (AvgIpc) is 3.10. The van der Waals surface area contributed by atoms with Crippen LogP contribution < -0.4 is 4.74 Å². The number of ether oxygens (including phenoxy) is 1. The number of carbonyl (C=O) groups excluding carboxylic acids is 1. The third kappa shape index (κ3) is 3.92. The summed E-state index contributed by atoms with van der Waals surface area (Å²) in [6, 6.07) is 11.2. The first-order valence-corrected chi connectivity index (χ1v) is 10.9. The average molecular weight is 445 g/mol. The second kappa shape index (κ2) is 7.55. The van der Waals surface area contributed by atoms with E-state index in [1.54, 1.807) is 6.07 Å². The van der Waals surface area contributed by atoms with Crippen molar-refractivity contribution in [3.63, 3.8) is 0 Å². The molecule has 9 heteroatoms. The van der Waals surface area contributed by atoms with E-state index >= 15 is 0 Å². The number of halogens is 2. The van der Waals surface area contributed by atoms with Gasteiger partial charge in [0.05, 0.1) is 16.1 Å². The molecule has 152 valence electrons. The van der Waals surface area contributed by atoms with Crippen molar-refractivity contribution >= 4 is 38.3 Å². The Bertz CT molecular complexity index is 1380. The highest BCUT2D eigenvalue weighted by molar-refractivity contribution is 7.90. The van der Waals surface area contributed by atoms with Crippen LogP contribution in [0.1, 0.15) is 15.9 Å². The van der Waals surface area contributed by atoms with Crippen molar-refractivity contribution in [2.24, 2.45) is 0 Å². The molecule has 4 rings (SSSR count). The second-order valence-corrected chi connectivity index (χ2v) is 8.99. The molecule has 6 nitrogen and oxygen atoms in total. The van der Waals surface area contributed by atoms with Crippen LogP contribution in [-0.2, 0) is 9.84 Å². The van der Waals surface area contributed by atoms with E-state index in [9.17, 15) is 17.6 Å². The number of benzene rings is 2. The lowest BCUT2D eigenvalue weighted by molar-refractivity contribution is 0.104. The fraction of sp³-hybridized carbons (Fsp3) is 0.0476. The van der Waals surface area contributed by atoms with Crippen LogP contribution in [0.15, 0.2) is 65.8 Å². The molecule has 0 aliphatic heterocycles. The number of aromatic nitrogens is 2. The predicted octanol–water partition coefficient (Wildman–Crippen LogP) is 4.78. The SMILES string of the molecule is CS(=O)(=O)c1ccc(Oc2cnc3[nH]cc(C(=O)c4ccc(F)cc4Cl)c3c2)cc1. The van der Waals surface area contributed by atoms with Crippen LogP contribution in [0.5, 0.6) is 11.5 Å². The molecule has 0 saturated heterocycles. The van der Waals surface area contributed by atoms with Gasteiger partial charge in [-0.25, -0.2) is 17.8 Å². The van der Waals surface area contributed by atoms with Crippen molar-refractivity contribution < 1.29 is 22.3 Å². The van der Waals surface area contributed by atoms with Gasteiger partial charge in [-0.3, -0.25) is 4.79 Å². The molecule has 0 spiro atoms. The zero-order valence-electron chi connectivity index (χ0n) is 15.5. The van der Waals surface area contributed by atoms with Crippen molar-refractivity contribution in [3.05, 3.63) is 82.9 Å². The van der Waals surface area contributed by atoms with E-state index < -0.39 is 15.7 Å². The molecule has 2 aromatic heterocycles. The number of rotatable bonds is 5. The normalized spacial score (nSPS) is 11.6. The summed E-state index contributed by atoms with van der Waals surface area (Å²) in [6.45, 7) is 0. The zero-order chi connectivity index (χ0) is 21.5. The van der Waals surface area contributed by atoms with E-state index in [1.165, 1.54) is 48.8 Å². The van der Waals surface area contributed by atoms with E-state index in [2.05, 4.69) is 9.97 Å². The van der Waals surface area contributed by atoms with Crippen molar-refractivity contribution in [2.45, 2.75) is 4.90 Å². The van der Waals surface area contributed by atoms with Gasteiger partial charge >= 0.3 is 0 Å². The van der Waals surface area contributed by atoms with E-state index in [0.717, 1.165) is 12.3 Å². The van der Waals surface area contributed by atoms with Gasteiger partial charge in [0, 0.05) is 29.0 Å². The number of H-pyrrole nitrogens is 1. The van der Waals surface area contributed by atoms with E-state index in [1.807, 2.05) is 0 Å². The molecule has 0 aliphatic carbocycles. The van der Waals surface area contributed by atoms with E-state index in [-0.39, 0.29) is 21.3 Å². The van der Waals surface area contributed by atoms with Gasteiger partial charge in [0.25, 0.3) is 0 Å². The largest absolute Gasteiger partial charge is 0.456 e. The summed E-state index contributed by atoms with van der Waals surface area (Å²) in [5.74, 6) is -0.153. The highest BCUT2D eigenvalue weighted by atomic mass is 35.5. The third-order valence-electron chi connectivity index (χ3n) is 4.41. The third-order valence-corrected chi connectivity index (χ3v) is 5.86. The van der Waals surface area contributed by atoms with Gasteiger partial charge in [0.1, 0.15) is 23.0 Å². The predicted molar refractivity (Wildman–Crippen MR) is 111 cm³/mol. The number of carbonyl (C=O) groups is 1. The Labute approximate surface area is 176 Å². The Balaban J connectivity index is 1.67. The van der Waals surface area contributed by atoms with Crippen molar-refractivity contribution in [2.75, 3.05) is 6.26 Å². The van der Waals surface area contributed by atoms with E-state index in [4.69, 9.17) is 16.3 Å². The lowest BCUT2D eigenvalue weighted by Gasteiger charge is -2.07. The molecular weight excluding hydrogens is 431 g/mol. The Morgan fingerprint density at radius 1 is 1.07 bits per heavy atom. The van der Waals surface area contributed by atoms with Crippen LogP contribution in [0.2, 0.25) is 5.02 Å². The number of pyridine rings is 1. The van der Waals surface area contributed by atoms with Crippen LogP contribution in [0.25, 0.3) is 11.0 Å². The molecule has 0 radical (unpaired) electrons. The standard InChI is InChI=1S/C21H14ClFN2O4S/c1-30(27,28)15-5-3-13(4-6-15)29-14-9-17-18(11-25-21(17)24-10-14)20(26)16-7-2-12(23)8-19(16)22/h2-11H,1H3,(H,24,25). The summed E-state index contributed by atoms with van der Waals surface area (Å²) in [7, 11) is -3.31. The van der Waals surface area contributed by atoms with Gasteiger partial charge in [-0.15, -0.1) is 0 Å². The first-order valence-electron chi connectivity index (χ1n) is 8.67. The molecule has 0 atom stereocenters. The van der Waals surface area contributed by atoms with Crippen LogP contribution in [0.3, 0.4) is 0 Å². The summed E-state index contributed by atoms with van der Waals surface area (Å²) in [4.78, 5) is 20.2. The lowest BCUT2D eigenvalue weighted by atomic mass is 10.0. The quantitative estimate of drug-likeness (QED) is 0.447. The van der Waals surface area contributed by atoms with Gasteiger partial charge < -0.3 is 9.72 Å². The minimum atomic E-state index is -3.31. The summed E-state index contributed by atoms with van der Waals surface area (Å²) in [5.41, 5.74) is 0.946. The maximum atomic E-state index is 13.3. The minimum Gasteiger partial charge on any atom is -0.456 e. The number of sulfone groups is 1. The highest BCUT2D eigenvalue weighted by Gasteiger charge is 2.18. The van der Waals surface area contributed by atoms with E-state index in [0.29, 0.717) is 28.1 Å². The molecule has 0 bridgehead atoms. The summed E-state index contributed by atoms with van der Waals surface area (Å²) in [6.07, 6.45) is 4.10. The van der Waals surface area contributed by atoms with Crippen molar-refractivity contribution in [1.29, 1.82) is 0 Å². The lowest BCUT2D eigenvalue weighted by Crippen LogP contribution is -2.02. The molecular formula is C21H14ClFN2O4S. The number of hydrogen-bond acceptors (Lipinski definition) is 5. The van der Waals surface area contributed by atoms with Gasteiger partial charge in [-0.05, 0) is 48.5 Å². The van der Waals surface area contributed by atoms with Gasteiger partial charge in [0.2, 0.25) is 0 Å². The molecule has 0 fully saturated rings. The molecule has 1 N–H and O–H groups in total. The van der Waals surface area contributed by atoms with Gasteiger partial charge in [-0.1, -0.05) is 11.6 Å². The van der Waals surface area contributed by atoms with Crippen LogP contribution in [0, 0.1) is 5.82 Å². The Kier molecular flexibility index (Phi) is 5.05. The fourth-order valence-corrected chi connectivity index (χ4v) is 3.82. The van der Waals surface area contributed by atoms with Crippen molar-refractivity contribution in [3.8, 4) is 11.5 Å². The molecule has 0 saturated carbocycles. The molecule has 30 heavy (non-hydrogen) atoms. The highest BCUT2D eigenvalue weighted by Crippen LogP contribution is 2.29. The number of hydrogen-bond donors (Lipinski definition) is 1. The van der Waals surface area contributed by atoms with Crippen LogP contribution in [-0.4, -0.2) is 30.4 Å². The van der Waals surface area contributed by atoms with Crippen LogP contribution in [0.4, 0.5) is 4.39 Å². The summed E-state index contributed by atoms with van der Waals surface area (Å²) >= 11 is 6.02. The minimum absolute atomic E-state index is 0.0145. The number of nitrogens with one attached hydrogen (secondary N) is 1. The molecule has 2 heterocycles. The monoisotopic (exact) mass is 444 g/mol. The Hall–Kier alpha value is -3.23. The van der Waals surface area contributed by atoms with Crippen LogP contribution >= 0.6 is 11.6 Å². The van der Waals surface area contributed by atoms with Gasteiger partial charge in [0.15, 0.2) is 15.6 Å². The topological polar surface area (TPSA) is 89.1 Å². The Morgan fingerprint density at radius 2 is 1.80 bits per heavy atom. The first-order chi connectivity index (χ1) is 14.2. The summed E-state index contributed by atoms with van der Waals surface area (Å²) < 4.78 is 42.2. The number of nitrogens with zero attached hydrogens (tertiary/aromatic N) is 1. The molecule has 0 aliphatic rings. The number of aromatic amines is 1. The fourth-order valence-electron chi connectivity index (χ4n) is 2.94. The second-order valence-electron chi connectivity index (χ2n) is 6.57. The Morgan fingerprint density at radius 3 is 2.47 bits per heavy atom. The number of fused-ring (bicyclic) bond motifs is 1. The molecule has 0 amide bonds. The maximum Gasteiger partial charge on any atom is 0.196 e. The zero-order valence-corrected chi connectivity index (χ0v) is 17.1. The smallest absolute Gasteiger partial charge is 0.196 e. The van der Waals surface area contributed by atoms with Gasteiger partial charge in [-0.2, -0.15) is 0 Å². The molecule has 0 unspecified atom stereocenters. The maximum absolute atomic E-state index is 13.3.